The Hall–Kier alpha value is -2.09. The molecule has 0 aliphatic carbocycles. The van der Waals surface area contributed by atoms with Crippen molar-refractivity contribution in [1.29, 1.82) is 0 Å². The van der Waals surface area contributed by atoms with E-state index in [0.717, 1.165) is 13.0 Å². The lowest BCUT2D eigenvalue weighted by atomic mass is 10.1. The van der Waals surface area contributed by atoms with Crippen molar-refractivity contribution in [1.82, 2.24) is 9.21 Å². The molecule has 152 valence electrons. The molecule has 0 amide bonds. The van der Waals surface area contributed by atoms with Gasteiger partial charge in [0.2, 0.25) is 10.0 Å². The highest BCUT2D eigenvalue weighted by molar-refractivity contribution is 7.89. The second kappa shape index (κ2) is 8.94. The van der Waals surface area contributed by atoms with Crippen LogP contribution in [0.3, 0.4) is 0 Å². The third-order valence-corrected chi connectivity index (χ3v) is 7.15. The fraction of sp³-hybridized carbons (Fsp3) is 0.429. The van der Waals surface area contributed by atoms with E-state index in [-0.39, 0.29) is 10.9 Å². The van der Waals surface area contributed by atoms with Gasteiger partial charge in [0.1, 0.15) is 16.4 Å². The van der Waals surface area contributed by atoms with Gasteiger partial charge in [-0.1, -0.05) is 30.3 Å². The molecule has 28 heavy (non-hydrogen) atoms. The normalized spacial score (nSPS) is 18.8. The number of hydrogen-bond acceptors (Lipinski definition) is 5. The van der Waals surface area contributed by atoms with Gasteiger partial charge in [-0.25, -0.2) is 8.42 Å². The highest BCUT2D eigenvalue weighted by Crippen LogP contribution is 2.31. The molecule has 0 saturated carbocycles. The number of sulfonamides is 1. The molecule has 6 nitrogen and oxygen atoms in total. The number of rotatable bonds is 7. The van der Waals surface area contributed by atoms with Gasteiger partial charge in [-0.05, 0) is 31.0 Å². The van der Waals surface area contributed by atoms with Crippen molar-refractivity contribution in [2.24, 2.45) is 0 Å². The van der Waals surface area contributed by atoms with Crippen LogP contribution in [0.15, 0.2) is 53.4 Å². The minimum atomic E-state index is -3.63. The van der Waals surface area contributed by atoms with Crippen LogP contribution >= 0.6 is 0 Å². The number of nitrogens with zero attached hydrogens (tertiary/aromatic N) is 2. The van der Waals surface area contributed by atoms with Crippen molar-refractivity contribution in [3.63, 3.8) is 0 Å². The number of piperazine rings is 1. The summed E-state index contributed by atoms with van der Waals surface area (Å²) in [6, 6.07) is 15.3. The lowest BCUT2D eigenvalue weighted by Gasteiger charge is -2.39. The maximum atomic E-state index is 13.2. The molecule has 3 rings (SSSR count). The molecular formula is C21H28N2O4S. The van der Waals surface area contributed by atoms with Crippen LogP contribution < -0.4 is 9.47 Å². The summed E-state index contributed by atoms with van der Waals surface area (Å²) in [5, 5.41) is 0. The van der Waals surface area contributed by atoms with Gasteiger partial charge in [0.25, 0.3) is 0 Å². The summed E-state index contributed by atoms with van der Waals surface area (Å²) in [4.78, 5) is 2.53. The summed E-state index contributed by atoms with van der Waals surface area (Å²) in [5.74, 6) is 0.869. The molecule has 1 fully saturated rings. The number of ether oxygens (including phenoxy) is 2. The van der Waals surface area contributed by atoms with E-state index in [1.165, 1.54) is 12.7 Å². The number of methoxy groups -OCH3 is 2. The molecule has 1 unspecified atom stereocenters. The minimum absolute atomic E-state index is 0.150. The predicted molar refractivity (Wildman–Crippen MR) is 109 cm³/mol. The first-order chi connectivity index (χ1) is 13.5. The maximum absolute atomic E-state index is 13.2. The van der Waals surface area contributed by atoms with Gasteiger partial charge in [-0.2, -0.15) is 4.31 Å². The van der Waals surface area contributed by atoms with Gasteiger partial charge in [-0.15, -0.1) is 0 Å². The van der Waals surface area contributed by atoms with E-state index in [1.54, 1.807) is 29.6 Å². The average molecular weight is 405 g/mol. The zero-order valence-corrected chi connectivity index (χ0v) is 17.5. The van der Waals surface area contributed by atoms with Crippen LogP contribution in [0.5, 0.6) is 11.5 Å². The monoisotopic (exact) mass is 404 g/mol. The first kappa shape index (κ1) is 20.6. The summed E-state index contributed by atoms with van der Waals surface area (Å²) < 4.78 is 38.4. The van der Waals surface area contributed by atoms with Crippen LogP contribution in [0, 0.1) is 0 Å². The molecule has 2 aromatic rings. The SMILES string of the molecule is COc1ccc(S(=O)(=O)N2CCN(CCc3ccccc3)C(C)C2)c(OC)c1. The van der Waals surface area contributed by atoms with Crippen molar-refractivity contribution < 1.29 is 17.9 Å². The zero-order chi connectivity index (χ0) is 20.1. The first-order valence-electron chi connectivity index (χ1n) is 9.46. The zero-order valence-electron chi connectivity index (χ0n) is 16.7. The molecule has 0 radical (unpaired) electrons. The van der Waals surface area contributed by atoms with Crippen LogP contribution in [0.2, 0.25) is 0 Å². The molecule has 2 aromatic carbocycles. The van der Waals surface area contributed by atoms with Crippen molar-refractivity contribution in [2.75, 3.05) is 40.4 Å². The molecule has 1 aliphatic rings. The fourth-order valence-corrected chi connectivity index (χ4v) is 5.21. The van der Waals surface area contributed by atoms with E-state index in [1.807, 2.05) is 18.2 Å². The average Bonchev–Trinajstić information content (AvgIpc) is 2.73. The van der Waals surface area contributed by atoms with E-state index in [4.69, 9.17) is 9.47 Å². The molecule has 0 N–H and O–H groups in total. The summed E-state index contributed by atoms with van der Waals surface area (Å²) >= 11 is 0. The Bertz CT molecular complexity index is 887. The van der Waals surface area contributed by atoms with Crippen LogP contribution in [-0.2, 0) is 16.4 Å². The van der Waals surface area contributed by atoms with E-state index in [0.29, 0.717) is 31.1 Å². The Morgan fingerprint density at radius 3 is 2.43 bits per heavy atom. The van der Waals surface area contributed by atoms with Crippen LogP contribution in [0.25, 0.3) is 0 Å². The predicted octanol–water partition coefficient (Wildman–Crippen LogP) is 2.64. The maximum Gasteiger partial charge on any atom is 0.246 e. The molecule has 1 saturated heterocycles. The van der Waals surface area contributed by atoms with Crippen molar-refractivity contribution in [3.05, 3.63) is 54.1 Å². The smallest absolute Gasteiger partial charge is 0.246 e. The lowest BCUT2D eigenvalue weighted by molar-refractivity contribution is 0.130. The van der Waals surface area contributed by atoms with Crippen LogP contribution in [0.1, 0.15) is 12.5 Å². The Balaban J connectivity index is 1.69. The highest BCUT2D eigenvalue weighted by atomic mass is 32.2. The standard InChI is InChI=1S/C21H28N2O4S/c1-17-16-23(14-13-22(17)12-11-18-7-5-4-6-8-18)28(24,25)21-10-9-19(26-2)15-20(21)27-3/h4-10,15,17H,11-14,16H2,1-3H3. The Morgan fingerprint density at radius 2 is 1.79 bits per heavy atom. The van der Waals surface area contributed by atoms with Gasteiger partial charge in [-0.3, -0.25) is 4.90 Å². The van der Waals surface area contributed by atoms with Crippen LogP contribution in [-0.4, -0.2) is 64.1 Å². The van der Waals surface area contributed by atoms with Gasteiger partial charge < -0.3 is 9.47 Å². The summed E-state index contributed by atoms with van der Waals surface area (Å²) in [5.41, 5.74) is 1.30. The van der Waals surface area contributed by atoms with Gasteiger partial charge >= 0.3 is 0 Å². The molecule has 0 spiro atoms. The number of benzene rings is 2. The number of hydrogen-bond donors (Lipinski definition) is 0. The molecule has 1 heterocycles. The summed E-state index contributed by atoms with van der Waals surface area (Å²) in [7, 11) is -0.616. The quantitative estimate of drug-likeness (QED) is 0.710. The van der Waals surface area contributed by atoms with Crippen molar-refractivity contribution >= 4 is 10.0 Å². The van der Waals surface area contributed by atoms with Crippen molar-refractivity contribution in [3.8, 4) is 11.5 Å². The third kappa shape index (κ3) is 4.48. The van der Waals surface area contributed by atoms with E-state index in [9.17, 15) is 8.42 Å². The topological polar surface area (TPSA) is 59.1 Å². The summed E-state index contributed by atoms with van der Waals surface area (Å²) in [6.45, 7) is 4.65. The molecule has 0 bridgehead atoms. The summed E-state index contributed by atoms with van der Waals surface area (Å²) in [6.07, 6.45) is 0.963. The van der Waals surface area contributed by atoms with Crippen LogP contribution in [0.4, 0.5) is 0 Å². The second-order valence-electron chi connectivity index (χ2n) is 7.00. The Morgan fingerprint density at radius 1 is 1.04 bits per heavy atom. The van der Waals surface area contributed by atoms with E-state index in [2.05, 4.69) is 24.0 Å². The molecule has 0 aromatic heterocycles. The fourth-order valence-electron chi connectivity index (χ4n) is 3.56. The van der Waals surface area contributed by atoms with Gasteiger partial charge in [0.05, 0.1) is 14.2 Å². The van der Waals surface area contributed by atoms with Gasteiger partial charge in [0, 0.05) is 38.3 Å². The minimum Gasteiger partial charge on any atom is -0.497 e. The Labute approximate surface area is 167 Å². The van der Waals surface area contributed by atoms with E-state index < -0.39 is 10.0 Å². The van der Waals surface area contributed by atoms with E-state index >= 15 is 0 Å². The highest BCUT2D eigenvalue weighted by Gasteiger charge is 2.33. The lowest BCUT2D eigenvalue weighted by Crippen LogP contribution is -2.53. The van der Waals surface area contributed by atoms with Gasteiger partial charge in [0.15, 0.2) is 0 Å². The molecule has 1 aliphatic heterocycles. The molecule has 1 atom stereocenters. The third-order valence-electron chi connectivity index (χ3n) is 5.25. The molecular weight excluding hydrogens is 376 g/mol. The van der Waals surface area contributed by atoms with Crippen molar-refractivity contribution in [2.45, 2.75) is 24.3 Å². The first-order valence-corrected chi connectivity index (χ1v) is 10.9. The molecule has 7 heteroatoms. The second-order valence-corrected chi connectivity index (χ2v) is 8.91. The Kier molecular flexibility index (Phi) is 6.59. The largest absolute Gasteiger partial charge is 0.497 e.